The van der Waals surface area contributed by atoms with Crippen molar-refractivity contribution in [2.24, 2.45) is 0 Å². The minimum atomic E-state index is -0.176. The zero-order valence-electron chi connectivity index (χ0n) is 26.8. The molecule has 0 saturated carbocycles. The molecule has 1 aliphatic rings. The lowest BCUT2D eigenvalue weighted by molar-refractivity contribution is -0.148. The summed E-state index contributed by atoms with van der Waals surface area (Å²) in [5.41, 5.74) is 5.08. The summed E-state index contributed by atoms with van der Waals surface area (Å²) in [6.07, 6.45) is 12.8. The van der Waals surface area contributed by atoms with E-state index in [1.807, 2.05) is 31.3 Å². The van der Waals surface area contributed by atoms with Crippen molar-refractivity contribution in [3.63, 3.8) is 0 Å². The maximum Gasteiger partial charge on any atom is 0.320 e. The molecule has 8 heteroatoms. The number of ether oxygens (including phenoxy) is 1. The number of hydrogen-bond donors (Lipinski definition) is 1. The van der Waals surface area contributed by atoms with Gasteiger partial charge in [-0.2, -0.15) is 0 Å². The number of pyridine rings is 2. The van der Waals surface area contributed by atoms with Crippen molar-refractivity contribution in [1.82, 2.24) is 25.1 Å². The first-order valence-electron chi connectivity index (χ1n) is 16.3. The maximum absolute atomic E-state index is 12.9. The number of aromatic nitrogens is 2. The molecule has 46 heavy (non-hydrogen) atoms. The second-order valence-electron chi connectivity index (χ2n) is 11.6. The van der Waals surface area contributed by atoms with Gasteiger partial charge in [-0.05, 0) is 72.9 Å². The van der Waals surface area contributed by atoms with Gasteiger partial charge >= 0.3 is 5.97 Å². The van der Waals surface area contributed by atoms with E-state index >= 15 is 0 Å². The number of aryl methyl sites for hydroxylation is 2. The van der Waals surface area contributed by atoms with Gasteiger partial charge in [0.25, 0.3) is 0 Å². The highest BCUT2D eigenvalue weighted by atomic mass is 16.5. The van der Waals surface area contributed by atoms with Crippen LogP contribution in [0.15, 0.2) is 110 Å². The molecule has 242 valence electrons. The van der Waals surface area contributed by atoms with E-state index in [0.29, 0.717) is 6.67 Å². The molecule has 1 fully saturated rings. The van der Waals surface area contributed by atoms with Gasteiger partial charge < -0.3 is 9.53 Å². The van der Waals surface area contributed by atoms with E-state index in [-0.39, 0.29) is 24.7 Å². The van der Waals surface area contributed by atoms with Crippen LogP contribution in [0.5, 0.6) is 0 Å². The fraction of sp³-hybridized carbons (Fsp3) is 0.368. The van der Waals surface area contributed by atoms with Crippen molar-refractivity contribution >= 4 is 12.8 Å². The molecule has 0 aliphatic carbocycles. The zero-order valence-corrected chi connectivity index (χ0v) is 26.8. The lowest BCUT2D eigenvalue weighted by Gasteiger charge is -2.39. The first-order chi connectivity index (χ1) is 22.7. The summed E-state index contributed by atoms with van der Waals surface area (Å²) in [7, 11) is 0. The van der Waals surface area contributed by atoms with Gasteiger partial charge in [0, 0.05) is 57.6 Å². The quantitative estimate of drug-likeness (QED) is 0.164. The molecule has 0 radical (unpaired) electrons. The molecule has 2 aromatic heterocycles. The van der Waals surface area contributed by atoms with Crippen LogP contribution < -0.4 is 5.32 Å². The molecule has 2 aromatic carbocycles. The van der Waals surface area contributed by atoms with Gasteiger partial charge in [0.05, 0.1) is 12.6 Å². The molecule has 5 rings (SSSR count). The Kier molecular flexibility index (Phi) is 15.1. The van der Waals surface area contributed by atoms with Crippen molar-refractivity contribution in [3.05, 3.63) is 132 Å². The average Bonchev–Trinajstić information content (AvgIpc) is 3.12. The molecule has 1 aliphatic heterocycles. The van der Waals surface area contributed by atoms with E-state index in [1.54, 1.807) is 12.4 Å². The van der Waals surface area contributed by atoms with Crippen LogP contribution in [0, 0.1) is 0 Å². The number of nitrogens with zero attached hydrogens (tertiary/aromatic N) is 4. The summed E-state index contributed by atoms with van der Waals surface area (Å²) >= 11 is 0. The fourth-order valence-corrected chi connectivity index (χ4v) is 6.03. The van der Waals surface area contributed by atoms with Gasteiger partial charge in [-0.3, -0.25) is 29.9 Å². The predicted octanol–water partition coefficient (Wildman–Crippen LogP) is 5.50. The third-order valence-electron chi connectivity index (χ3n) is 8.33. The Hall–Kier alpha value is -4.24. The number of benzene rings is 2. The van der Waals surface area contributed by atoms with Crippen molar-refractivity contribution in [1.29, 1.82) is 0 Å². The minimum Gasteiger partial charge on any atom is -0.461 e. The maximum atomic E-state index is 12.9. The monoisotopic (exact) mass is 621 g/mol. The van der Waals surface area contributed by atoms with E-state index in [9.17, 15) is 4.79 Å². The number of carbonyl (C=O) groups is 2. The molecule has 0 atom stereocenters. The SMILES string of the molecule is C=O.O=C(CNCN1CCN(C(c2ccccc2)c2ccccc2)CC1)OC(CCCc1cccnc1)CCCc1cccnc1. The molecule has 0 bridgehead atoms. The van der Waals surface area contributed by atoms with Crippen LogP contribution in [0.25, 0.3) is 0 Å². The summed E-state index contributed by atoms with van der Waals surface area (Å²) in [6, 6.07) is 29.9. The molecule has 0 spiro atoms. The standard InChI is InChI=1S/C37H45N5O2.CH2O/c43-36(44-35(19-7-11-31-13-9-21-38-27-31)20-8-12-32-14-10-22-39-28-32)29-40-30-41-23-25-42(26-24-41)37(33-15-3-1-4-16-33)34-17-5-2-6-18-34;1-2/h1-6,9-10,13-18,21-22,27-28,35,37,40H,7-8,11-12,19-20,23-26,29-30H2;1H2. The Morgan fingerprint density at radius 2 is 1.26 bits per heavy atom. The number of esters is 1. The smallest absolute Gasteiger partial charge is 0.320 e. The second-order valence-corrected chi connectivity index (χ2v) is 11.6. The number of rotatable bonds is 16. The molecule has 4 aromatic rings. The lowest BCUT2D eigenvalue weighted by Crippen LogP contribution is -2.50. The average molecular weight is 622 g/mol. The number of hydrogen-bond acceptors (Lipinski definition) is 8. The number of piperazine rings is 1. The first kappa shape index (κ1) is 34.6. The highest BCUT2D eigenvalue weighted by molar-refractivity contribution is 5.71. The van der Waals surface area contributed by atoms with E-state index in [4.69, 9.17) is 9.53 Å². The van der Waals surface area contributed by atoms with Crippen LogP contribution in [0.3, 0.4) is 0 Å². The van der Waals surface area contributed by atoms with E-state index < -0.39 is 0 Å². The van der Waals surface area contributed by atoms with E-state index in [1.165, 1.54) is 22.3 Å². The van der Waals surface area contributed by atoms with Crippen molar-refractivity contribution in [3.8, 4) is 0 Å². The van der Waals surface area contributed by atoms with Crippen LogP contribution in [0.1, 0.15) is 54.0 Å². The van der Waals surface area contributed by atoms with Crippen LogP contribution in [-0.2, 0) is 27.2 Å². The minimum absolute atomic E-state index is 0.0888. The largest absolute Gasteiger partial charge is 0.461 e. The molecule has 1 N–H and O–H groups in total. The first-order valence-corrected chi connectivity index (χ1v) is 16.3. The highest BCUT2D eigenvalue weighted by Crippen LogP contribution is 2.29. The van der Waals surface area contributed by atoms with Gasteiger partial charge in [-0.1, -0.05) is 72.8 Å². The molecular weight excluding hydrogens is 574 g/mol. The molecule has 0 unspecified atom stereocenters. The van der Waals surface area contributed by atoms with Crippen LogP contribution in [-0.4, -0.2) is 78.0 Å². The summed E-state index contributed by atoms with van der Waals surface area (Å²) < 4.78 is 6.00. The van der Waals surface area contributed by atoms with Crippen LogP contribution >= 0.6 is 0 Å². The third-order valence-corrected chi connectivity index (χ3v) is 8.33. The predicted molar refractivity (Wildman–Crippen MR) is 182 cm³/mol. The van der Waals surface area contributed by atoms with Crippen molar-refractivity contribution in [2.75, 3.05) is 39.4 Å². The van der Waals surface area contributed by atoms with Gasteiger partial charge in [-0.15, -0.1) is 0 Å². The van der Waals surface area contributed by atoms with Gasteiger partial charge in [0.15, 0.2) is 0 Å². The summed E-state index contributed by atoms with van der Waals surface area (Å²) in [5.74, 6) is -0.176. The molecule has 1 saturated heterocycles. The summed E-state index contributed by atoms with van der Waals surface area (Å²) in [5, 5.41) is 3.35. The molecule has 3 heterocycles. The third kappa shape index (κ3) is 11.6. The fourth-order valence-electron chi connectivity index (χ4n) is 6.03. The summed E-state index contributed by atoms with van der Waals surface area (Å²) in [4.78, 5) is 34.3. The zero-order chi connectivity index (χ0) is 32.2. The highest BCUT2D eigenvalue weighted by Gasteiger charge is 2.26. The van der Waals surface area contributed by atoms with Crippen molar-refractivity contribution < 1.29 is 14.3 Å². The Bertz CT molecular complexity index is 1290. The van der Waals surface area contributed by atoms with E-state index in [2.05, 4.69) is 97.9 Å². The van der Waals surface area contributed by atoms with Crippen molar-refractivity contribution in [2.45, 2.75) is 50.7 Å². The Morgan fingerprint density at radius 1 is 0.739 bits per heavy atom. The molecule has 8 nitrogen and oxygen atoms in total. The van der Waals surface area contributed by atoms with Crippen LogP contribution in [0.4, 0.5) is 0 Å². The van der Waals surface area contributed by atoms with E-state index in [0.717, 1.165) is 64.7 Å². The Labute approximate surface area is 273 Å². The Balaban J connectivity index is 0.00000235. The number of carbonyl (C=O) groups excluding carboxylic acids is 2. The van der Waals surface area contributed by atoms with Gasteiger partial charge in [0.2, 0.25) is 0 Å². The van der Waals surface area contributed by atoms with Crippen LogP contribution in [0.2, 0.25) is 0 Å². The second kappa shape index (κ2) is 20.0. The normalized spacial score (nSPS) is 13.7. The number of nitrogens with one attached hydrogen (secondary N) is 1. The van der Waals surface area contributed by atoms with Gasteiger partial charge in [0.1, 0.15) is 12.9 Å². The summed E-state index contributed by atoms with van der Waals surface area (Å²) in [6.45, 7) is 6.73. The molecule has 0 amide bonds. The molecular formula is C38H47N5O3. The van der Waals surface area contributed by atoms with Gasteiger partial charge in [-0.25, -0.2) is 0 Å². The Morgan fingerprint density at radius 3 is 1.74 bits per heavy atom. The lowest BCUT2D eigenvalue weighted by atomic mass is 9.96. The topological polar surface area (TPSA) is 87.7 Å².